The van der Waals surface area contributed by atoms with Crippen molar-refractivity contribution >= 4 is 33.5 Å². The van der Waals surface area contributed by atoms with Crippen molar-refractivity contribution in [3.63, 3.8) is 0 Å². The summed E-state index contributed by atoms with van der Waals surface area (Å²) in [6, 6.07) is 5.21. The van der Waals surface area contributed by atoms with Crippen LogP contribution in [0.25, 0.3) is 0 Å². The quantitative estimate of drug-likeness (QED) is 0.768. The second-order valence-corrected chi connectivity index (χ2v) is 6.96. The summed E-state index contributed by atoms with van der Waals surface area (Å²) in [6.45, 7) is 5.24. The summed E-state index contributed by atoms with van der Waals surface area (Å²) in [5.74, 6) is -0.563. The minimum atomic E-state index is -0.528. The molecule has 1 fully saturated rings. The summed E-state index contributed by atoms with van der Waals surface area (Å²) in [5.41, 5.74) is 1.81. The van der Waals surface area contributed by atoms with E-state index in [9.17, 15) is 9.59 Å². The second-order valence-electron chi connectivity index (χ2n) is 6.11. The van der Waals surface area contributed by atoms with E-state index >= 15 is 0 Å². The molecule has 0 bridgehead atoms. The van der Waals surface area contributed by atoms with Crippen molar-refractivity contribution in [2.75, 3.05) is 45.7 Å². The van der Waals surface area contributed by atoms with Gasteiger partial charge in [-0.1, -0.05) is 6.07 Å². The molecule has 132 valence electrons. The van der Waals surface area contributed by atoms with E-state index in [0.29, 0.717) is 5.69 Å². The summed E-state index contributed by atoms with van der Waals surface area (Å²) in [4.78, 5) is 28.8. The lowest BCUT2D eigenvalue weighted by molar-refractivity contribution is -0.144. The van der Waals surface area contributed by atoms with Gasteiger partial charge in [0.2, 0.25) is 5.91 Å². The number of hydrogen-bond donors (Lipinski definition) is 1. The lowest BCUT2D eigenvalue weighted by Gasteiger charge is -2.36. The lowest BCUT2D eigenvalue weighted by Crippen LogP contribution is -2.53. The molecule has 1 N–H and O–H groups in total. The second kappa shape index (κ2) is 8.60. The number of ether oxygens (including phenoxy) is 1. The number of hydrogen-bond acceptors (Lipinski definition) is 5. The first kappa shape index (κ1) is 18.9. The van der Waals surface area contributed by atoms with E-state index in [-0.39, 0.29) is 18.3 Å². The molecule has 1 saturated heterocycles. The van der Waals surface area contributed by atoms with Crippen molar-refractivity contribution in [3.05, 3.63) is 28.2 Å². The first-order valence-corrected chi connectivity index (χ1v) is 8.76. The Bertz CT molecular complexity index is 601. The number of rotatable bonds is 5. The van der Waals surface area contributed by atoms with Crippen molar-refractivity contribution in [3.8, 4) is 0 Å². The van der Waals surface area contributed by atoms with E-state index in [1.807, 2.05) is 30.0 Å². The van der Waals surface area contributed by atoms with E-state index in [1.54, 1.807) is 0 Å². The minimum absolute atomic E-state index is 0.0511. The zero-order valence-electron chi connectivity index (χ0n) is 14.3. The third kappa shape index (κ3) is 5.03. The van der Waals surface area contributed by atoms with Crippen molar-refractivity contribution in [2.45, 2.75) is 19.4 Å². The van der Waals surface area contributed by atoms with Gasteiger partial charge in [0.05, 0.1) is 19.2 Å². The molecule has 1 aliphatic heterocycles. The number of likely N-dealkylation sites (N-methyl/N-ethyl adjacent to an activating group) is 1. The van der Waals surface area contributed by atoms with Gasteiger partial charge in [0, 0.05) is 30.7 Å². The van der Waals surface area contributed by atoms with Crippen molar-refractivity contribution in [1.29, 1.82) is 0 Å². The van der Waals surface area contributed by atoms with Gasteiger partial charge >= 0.3 is 5.97 Å². The minimum Gasteiger partial charge on any atom is -0.469 e. The summed E-state index contributed by atoms with van der Waals surface area (Å²) in [7, 11) is 3.40. The molecule has 6 nitrogen and oxygen atoms in total. The van der Waals surface area contributed by atoms with Crippen molar-refractivity contribution in [1.82, 2.24) is 9.80 Å². The molecular weight excluding hydrogens is 374 g/mol. The number of nitrogens with one attached hydrogen (secondary N) is 1. The van der Waals surface area contributed by atoms with Crippen LogP contribution < -0.4 is 5.32 Å². The third-order valence-corrected chi connectivity index (χ3v) is 4.91. The maximum atomic E-state index is 12.8. The van der Waals surface area contributed by atoms with Crippen LogP contribution in [0.2, 0.25) is 0 Å². The van der Waals surface area contributed by atoms with E-state index in [0.717, 1.165) is 36.2 Å². The van der Waals surface area contributed by atoms with Gasteiger partial charge in [0.25, 0.3) is 0 Å². The molecule has 0 unspecified atom stereocenters. The Kier molecular flexibility index (Phi) is 6.77. The zero-order chi connectivity index (χ0) is 17.7. The average molecular weight is 398 g/mol. The number of carbonyl (C=O) groups excluding carboxylic acids is 2. The average Bonchev–Trinajstić information content (AvgIpc) is 2.55. The van der Waals surface area contributed by atoms with Crippen LogP contribution in [0, 0.1) is 6.92 Å². The number of esters is 1. The molecule has 1 aliphatic rings. The van der Waals surface area contributed by atoms with Gasteiger partial charge in [-0.15, -0.1) is 0 Å². The Morgan fingerprint density at radius 1 is 1.29 bits per heavy atom. The highest BCUT2D eigenvalue weighted by Crippen LogP contribution is 2.24. The van der Waals surface area contributed by atoms with Crippen LogP contribution in [0.1, 0.15) is 12.0 Å². The van der Waals surface area contributed by atoms with Gasteiger partial charge in [-0.25, -0.2) is 0 Å². The van der Waals surface area contributed by atoms with Crippen LogP contribution >= 0.6 is 15.9 Å². The molecule has 0 radical (unpaired) electrons. The van der Waals surface area contributed by atoms with E-state index in [4.69, 9.17) is 4.74 Å². The number of carbonyl (C=O) groups is 2. The van der Waals surface area contributed by atoms with Gasteiger partial charge < -0.3 is 15.0 Å². The molecule has 1 aromatic rings. The predicted molar refractivity (Wildman–Crippen MR) is 97.0 cm³/mol. The first-order valence-electron chi connectivity index (χ1n) is 7.97. The van der Waals surface area contributed by atoms with Gasteiger partial charge in [-0.05, 0) is 47.6 Å². The number of methoxy groups -OCH3 is 1. The van der Waals surface area contributed by atoms with Crippen LogP contribution in [0.5, 0.6) is 0 Å². The molecule has 24 heavy (non-hydrogen) atoms. The molecule has 1 amide bonds. The Labute approximate surface area is 151 Å². The molecule has 0 aliphatic carbocycles. The van der Waals surface area contributed by atoms with Crippen LogP contribution in [0.4, 0.5) is 5.69 Å². The van der Waals surface area contributed by atoms with Crippen LogP contribution in [0.3, 0.4) is 0 Å². The zero-order valence-corrected chi connectivity index (χ0v) is 15.9. The molecular formula is C17H24BrN3O3. The molecule has 0 aromatic heterocycles. The molecule has 7 heteroatoms. The Balaban J connectivity index is 2.12. The largest absolute Gasteiger partial charge is 0.469 e. The van der Waals surface area contributed by atoms with Gasteiger partial charge in [-0.2, -0.15) is 0 Å². The fourth-order valence-corrected chi connectivity index (χ4v) is 3.29. The summed E-state index contributed by atoms with van der Waals surface area (Å²) >= 11 is 3.47. The summed E-state index contributed by atoms with van der Waals surface area (Å²) < 4.78 is 5.59. The topological polar surface area (TPSA) is 61.9 Å². The van der Waals surface area contributed by atoms with E-state index < -0.39 is 6.04 Å². The normalized spacial score (nSPS) is 17.3. The number of nitrogens with zero attached hydrogens (tertiary/aromatic N) is 2. The fraction of sp³-hybridized carbons (Fsp3) is 0.529. The number of benzene rings is 1. The van der Waals surface area contributed by atoms with Gasteiger partial charge in [0.15, 0.2) is 0 Å². The fourth-order valence-electron chi connectivity index (χ4n) is 2.70. The first-order chi connectivity index (χ1) is 11.4. The van der Waals surface area contributed by atoms with Crippen molar-refractivity contribution in [2.24, 2.45) is 0 Å². The van der Waals surface area contributed by atoms with Crippen LogP contribution in [0.15, 0.2) is 22.7 Å². The smallest absolute Gasteiger partial charge is 0.307 e. The SMILES string of the molecule is COC(=O)C[C@H](C(=O)Nc1ccc(C)cc1Br)N1CCN(C)CC1. The number of halogens is 1. The number of piperazine rings is 1. The highest BCUT2D eigenvalue weighted by molar-refractivity contribution is 9.10. The third-order valence-electron chi connectivity index (χ3n) is 4.25. The molecule has 2 rings (SSSR count). The molecule has 1 heterocycles. The number of anilines is 1. The van der Waals surface area contributed by atoms with Crippen LogP contribution in [-0.2, 0) is 14.3 Å². The lowest BCUT2D eigenvalue weighted by atomic mass is 10.1. The molecule has 0 spiro atoms. The number of amides is 1. The molecule has 0 saturated carbocycles. The predicted octanol–water partition coefficient (Wildman–Crippen LogP) is 1.88. The monoisotopic (exact) mass is 397 g/mol. The Morgan fingerprint density at radius 3 is 2.54 bits per heavy atom. The summed E-state index contributed by atoms with van der Waals surface area (Å²) in [6.07, 6.45) is 0.0511. The number of aryl methyl sites for hydroxylation is 1. The van der Waals surface area contributed by atoms with Crippen molar-refractivity contribution < 1.29 is 14.3 Å². The Hall–Kier alpha value is -1.44. The van der Waals surface area contributed by atoms with E-state index in [2.05, 4.69) is 33.2 Å². The highest BCUT2D eigenvalue weighted by Gasteiger charge is 2.31. The summed E-state index contributed by atoms with van der Waals surface area (Å²) in [5, 5.41) is 2.93. The molecule has 1 atom stereocenters. The van der Waals surface area contributed by atoms with Gasteiger partial charge in [0.1, 0.15) is 6.04 Å². The van der Waals surface area contributed by atoms with Crippen LogP contribution in [-0.4, -0.2) is 68.1 Å². The standard InChI is InChI=1S/C17H24BrN3O3/c1-12-4-5-14(13(18)10-12)19-17(23)15(11-16(22)24-3)21-8-6-20(2)7-9-21/h4-5,10,15H,6-9,11H2,1-3H3,(H,19,23)/t15-/m1/s1. The Morgan fingerprint density at radius 2 is 1.96 bits per heavy atom. The maximum Gasteiger partial charge on any atom is 0.307 e. The molecule has 1 aromatic carbocycles. The highest BCUT2D eigenvalue weighted by atomic mass is 79.9. The maximum absolute atomic E-state index is 12.8. The van der Waals surface area contributed by atoms with E-state index in [1.165, 1.54) is 7.11 Å². The van der Waals surface area contributed by atoms with Gasteiger partial charge in [-0.3, -0.25) is 14.5 Å².